The topological polar surface area (TPSA) is 35.5 Å². The second kappa shape index (κ2) is 9.29. The second-order valence-corrected chi connectivity index (χ2v) is 6.68. The maximum absolute atomic E-state index is 9.52. The summed E-state index contributed by atoms with van der Waals surface area (Å²) in [4.78, 5) is 2.48. The molecule has 3 heteroatoms. The number of piperidine rings is 1. The van der Waals surface area contributed by atoms with Crippen LogP contribution in [0.15, 0.2) is 24.3 Å². The van der Waals surface area contributed by atoms with E-state index in [4.69, 9.17) is 0 Å². The van der Waals surface area contributed by atoms with Crippen LogP contribution in [-0.4, -0.2) is 48.3 Å². The standard InChI is InChI=1S/C19H32N2O/c1-3-18(15-17-7-5-16(2)6-8-17)20-11-4-12-21-13-9-19(22)10-14-21/h5-8,18-20,22H,3-4,9-15H2,1-2H3. The fourth-order valence-electron chi connectivity index (χ4n) is 3.12. The fourth-order valence-corrected chi connectivity index (χ4v) is 3.12. The Bertz CT molecular complexity index is 410. The molecule has 1 saturated heterocycles. The Labute approximate surface area is 135 Å². The quantitative estimate of drug-likeness (QED) is 0.725. The van der Waals surface area contributed by atoms with E-state index < -0.39 is 0 Å². The highest BCUT2D eigenvalue weighted by molar-refractivity contribution is 5.22. The van der Waals surface area contributed by atoms with Crippen LogP contribution in [0.4, 0.5) is 0 Å². The number of aliphatic hydroxyl groups excluding tert-OH is 1. The van der Waals surface area contributed by atoms with Crippen molar-refractivity contribution >= 4 is 0 Å². The van der Waals surface area contributed by atoms with E-state index in [1.54, 1.807) is 0 Å². The minimum absolute atomic E-state index is 0.0617. The highest BCUT2D eigenvalue weighted by atomic mass is 16.3. The van der Waals surface area contributed by atoms with Crippen LogP contribution in [0.3, 0.4) is 0 Å². The monoisotopic (exact) mass is 304 g/mol. The first-order valence-corrected chi connectivity index (χ1v) is 8.86. The molecule has 0 saturated carbocycles. The summed E-state index contributed by atoms with van der Waals surface area (Å²) in [6, 6.07) is 9.47. The molecule has 1 atom stereocenters. The Balaban J connectivity index is 1.62. The minimum Gasteiger partial charge on any atom is -0.393 e. The lowest BCUT2D eigenvalue weighted by molar-refractivity contribution is 0.0820. The molecule has 1 aliphatic rings. The number of hydrogen-bond acceptors (Lipinski definition) is 3. The predicted molar refractivity (Wildman–Crippen MR) is 93.3 cm³/mol. The summed E-state index contributed by atoms with van der Waals surface area (Å²) in [6.07, 6.45) is 5.31. The number of hydrogen-bond donors (Lipinski definition) is 2. The SMILES string of the molecule is CCC(Cc1ccc(C)cc1)NCCCN1CCC(O)CC1. The zero-order chi connectivity index (χ0) is 15.8. The van der Waals surface area contributed by atoms with Crippen LogP contribution in [0.25, 0.3) is 0 Å². The molecule has 0 amide bonds. The van der Waals surface area contributed by atoms with Crippen molar-refractivity contribution in [3.05, 3.63) is 35.4 Å². The number of likely N-dealkylation sites (tertiary alicyclic amines) is 1. The van der Waals surface area contributed by atoms with Crippen molar-refractivity contribution in [2.45, 2.75) is 58.1 Å². The van der Waals surface area contributed by atoms with Crippen molar-refractivity contribution in [3.8, 4) is 0 Å². The maximum Gasteiger partial charge on any atom is 0.0564 e. The van der Waals surface area contributed by atoms with Crippen molar-refractivity contribution in [2.24, 2.45) is 0 Å². The molecular weight excluding hydrogens is 272 g/mol. The summed E-state index contributed by atoms with van der Waals surface area (Å²) in [5.74, 6) is 0. The van der Waals surface area contributed by atoms with E-state index in [1.807, 2.05) is 0 Å². The highest BCUT2D eigenvalue weighted by Gasteiger charge is 2.16. The van der Waals surface area contributed by atoms with Crippen molar-refractivity contribution in [3.63, 3.8) is 0 Å². The van der Waals surface area contributed by atoms with Crippen LogP contribution in [0.2, 0.25) is 0 Å². The third kappa shape index (κ3) is 6.07. The third-order valence-electron chi connectivity index (χ3n) is 4.74. The van der Waals surface area contributed by atoms with Gasteiger partial charge in [0.15, 0.2) is 0 Å². The molecule has 3 nitrogen and oxygen atoms in total. The van der Waals surface area contributed by atoms with Gasteiger partial charge in [0.25, 0.3) is 0 Å². The Morgan fingerprint density at radius 1 is 1.23 bits per heavy atom. The lowest BCUT2D eigenvalue weighted by Crippen LogP contribution is -2.38. The van der Waals surface area contributed by atoms with E-state index >= 15 is 0 Å². The molecule has 124 valence electrons. The lowest BCUT2D eigenvalue weighted by atomic mass is 10.0. The number of aryl methyl sites for hydroxylation is 1. The van der Waals surface area contributed by atoms with Crippen LogP contribution in [0.5, 0.6) is 0 Å². The first-order valence-electron chi connectivity index (χ1n) is 8.86. The van der Waals surface area contributed by atoms with Gasteiger partial charge in [-0.15, -0.1) is 0 Å². The van der Waals surface area contributed by atoms with Crippen LogP contribution in [-0.2, 0) is 6.42 Å². The van der Waals surface area contributed by atoms with E-state index in [1.165, 1.54) is 24.0 Å². The fraction of sp³-hybridized carbons (Fsp3) is 0.684. The van der Waals surface area contributed by atoms with E-state index in [0.717, 1.165) is 45.4 Å². The highest BCUT2D eigenvalue weighted by Crippen LogP contribution is 2.10. The first kappa shape index (κ1) is 17.5. The van der Waals surface area contributed by atoms with Crippen LogP contribution in [0, 0.1) is 6.92 Å². The van der Waals surface area contributed by atoms with Gasteiger partial charge in [-0.3, -0.25) is 0 Å². The van der Waals surface area contributed by atoms with Gasteiger partial charge in [0.2, 0.25) is 0 Å². The molecule has 0 aliphatic carbocycles. The van der Waals surface area contributed by atoms with Gasteiger partial charge in [0.1, 0.15) is 0 Å². The van der Waals surface area contributed by atoms with Crippen molar-refractivity contribution in [2.75, 3.05) is 26.2 Å². The van der Waals surface area contributed by atoms with Crippen molar-refractivity contribution in [1.29, 1.82) is 0 Å². The molecule has 0 aromatic heterocycles. The Morgan fingerprint density at radius 2 is 1.91 bits per heavy atom. The van der Waals surface area contributed by atoms with Gasteiger partial charge < -0.3 is 15.3 Å². The molecule has 1 aliphatic heterocycles. The summed E-state index contributed by atoms with van der Waals surface area (Å²) in [5.41, 5.74) is 2.76. The first-order chi connectivity index (χ1) is 10.7. The minimum atomic E-state index is -0.0617. The largest absolute Gasteiger partial charge is 0.393 e. The summed E-state index contributed by atoms with van der Waals surface area (Å²) in [5, 5.41) is 13.2. The number of nitrogens with one attached hydrogen (secondary N) is 1. The molecule has 2 rings (SSSR count). The smallest absolute Gasteiger partial charge is 0.0564 e. The molecule has 0 radical (unpaired) electrons. The van der Waals surface area contributed by atoms with Gasteiger partial charge >= 0.3 is 0 Å². The van der Waals surface area contributed by atoms with Gasteiger partial charge in [0, 0.05) is 19.1 Å². The van der Waals surface area contributed by atoms with Crippen molar-refractivity contribution in [1.82, 2.24) is 10.2 Å². The molecule has 1 fully saturated rings. The van der Waals surface area contributed by atoms with E-state index in [9.17, 15) is 5.11 Å². The van der Waals surface area contributed by atoms with E-state index in [-0.39, 0.29) is 6.10 Å². The normalized spacial score (nSPS) is 18.5. The van der Waals surface area contributed by atoms with Gasteiger partial charge in [-0.05, 0) is 57.7 Å². The average Bonchev–Trinajstić information content (AvgIpc) is 2.54. The second-order valence-electron chi connectivity index (χ2n) is 6.68. The summed E-state index contributed by atoms with van der Waals surface area (Å²) in [7, 11) is 0. The molecule has 1 aromatic carbocycles. The number of nitrogens with zero attached hydrogens (tertiary/aromatic N) is 1. The molecular formula is C19H32N2O. The zero-order valence-corrected chi connectivity index (χ0v) is 14.2. The predicted octanol–water partition coefficient (Wildman–Crippen LogP) is 2.75. The molecule has 1 unspecified atom stereocenters. The van der Waals surface area contributed by atoms with Crippen LogP contribution >= 0.6 is 0 Å². The molecule has 22 heavy (non-hydrogen) atoms. The zero-order valence-electron chi connectivity index (χ0n) is 14.2. The Hall–Kier alpha value is -0.900. The Morgan fingerprint density at radius 3 is 2.55 bits per heavy atom. The summed E-state index contributed by atoms with van der Waals surface area (Å²) >= 11 is 0. The molecule has 0 bridgehead atoms. The third-order valence-corrected chi connectivity index (χ3v) is 4.74. The number of rotatable bonds is 8. The maximum atomic E-state index is 9.52. The van der Waals surface area contributed by atoms with Gasteiger partial charge in [-0.25, -0.2) is 0 Å². The molecule has 1 heterocycles. The summed E-state index contributed by atoms with van der Waals surface area (Å²) in [6.45, 7) is 8.75. The average molecular weight is 304 g/mol. The lowest BCUT2D eigenvalue weighted by Gasteiger charge is -2.29. The van der Waals surface area contributed by atoms with Gasteiger partial charge in [0.05, 0.1) is 6.10 Å². The van der Waals surface area contributed by atoms with Crippen molar-refractivity contribution < 1.29 is 5.11 Å². The van der Waals surface area contributed by atoms with E-state index in [2.05, 4.69) is 48.3 Å². The molecule has 1 aromatic rings. The number of aliphatic hydroxyl groups is 1. The van der Waals surface area contributed by atoms with Crippen LogP contribution < -0.4 is 5.32 Å². The number of benzene rings is 1. The van der Waals surface area contributed by atoms with Crippen LogP contribution in [0.1, 0.15) is 43.7 Å². The molecule has 0 spiro atoms. The van der Waals surface area contributed by atoms with E-state index in [0.29, 0.717) is 6.04 Å². The summed E-state index contributed by atoms with van der Waals surface area (Å²) < 4.78 is 0. The Kier molecular flexibility index (Phi) is 7.37. The van der Waals surface area contributed by atoms with Gasteiger partial charge in [-0.1, -0.05) is 36.8 Å². The van der Waals surface area contributed by atoms with Gasteiger partial charge in [-0.2, -0.15) is 0 Å². The molecule has 2 N–H and O–H groups in total.